The summed E-state index contributed by atoms with van der Waals surface area (Å²) in [6.45, 7) is 1.18. The lowest BCUT2D eigenvalue weighted by Crippen LogP contribution is -2.64. The summed E-state index contributed by atoms with van der Waals surface area (Å²) >= 11 is 0. The van der Waals surface area contributed by atoms with Gasteiger partial charge in [0.25, 0.3) is 0 Å². The number of carbonyl (C=O) groups excluding carboxylic acids is 1. The van der Waals surface area contributed by atoms with Gasteiger partial charge in [-0.3, -0.25) is 0 Å². The molecule has 0 radical (unpaired) electrons. The van der Waals surface area contributed by atoms with E-state index in [0.29, 0.717) is 0 Å². The summed E-state index contributed by atoms with van der Waals surface area (Å²) in [5, 5.41) is 39.7. The molecule has 0 bridgehead atoms. The second-order valence-electron chi connectivity index (χ2n) is 3.62. The number of hydrogen-bond donors (Lipinski definition) is 5. The predicted octanol–water partition coefficient (Wildman–Crippen LogP) is -2.47. The minimum absolute atomic E-state index is 0.132. The Bertz CT molecular complexity index is 262. The summed E-state index contributed by atoms with van der Waals surface area (Å²) in [5.74, 6) is 0. The van der Waals surface area contributed by atoms with Crippen LogP contribution in [-0.2, 0) is 9.47 Å². The third kappa shape index (κ3) is 3.27. The molecule has 1 heterocycles. The van der Waals surface area contributed by atoms with Crippen molar-refractivity contribution in [2.45, 2.75) is 37.6 Å². The Morgan fingerprint density at radius 3 is 2.53 bits per heavy atom. The Kier molecular flexibility index (Phi) is 5.09. The van der Waals surface area contributed by atoms with Gasteiger partial charge in [0, 0.05) is 0 Å². The van der Waals surface area contributed by atoms with E-state index >= 15 is 0 Å². The summed E-state index contributed by atoms with van der Waals surface area (Å²) in [4.78, 5) is 11.1. The molecule has 1 aliphatic rings. The summed E-state index contributed by atoms with van der Waals surface area (Å²) in [7, 11) is 0. The average Bonchev–Trinajstić information content (AvgIpc) is 2.29. The van der Waals surface area contributed by atoms with Gasteiger partial charge in [0.2, 0.25) is 0 Å². The molecule has 1 saturated heterocycles. The first-order valence-electron chi connectivity index (χ1n) is 5.25. The molecule has 5 N–H and O–H groups in total. The lowest BCUT2D eigenvalue weighted by Gasteiger charge is -2.39. The normalized spacial score (nSPS) is 37.6. The minimum Gasteiger partial charge on any atom is -0.450 e. The molecular weight excluding hydrogens is 234 g/mol. The molecule has 0 aromatic rings. The van der Waals surface area contributed by atoms with Crippen LogP contribution in [0, 0.1) is 0 Å². The van der Waals surface area contributed by atoms with Gasteiger partial charge in [0.1, 0.15) is 24.4 Å². The van der Waals surface area contributed by atoms with Crippen molar-refractivity contribution in [3.05, 3.63) is 0 Å². The van der Waals surface area contributed by atoms with Crippen molar-refractivity contribution in [2.75, 3.05) is 13.2 Å². The Labute approximate surface area is 97.8 Å². The first-order chi connectivity index (χ1) is 8.01. The molecule has 1 rings (SSSR count). The number of amides is 1. The van der Waals surface area contributed by atoms with E-state index in [1.807, 2.05) is 0 Å². The van der Waals surface area contributed by atoms with Gasteiger partial charge in [-0.25, -0.2) is 4.79 Å². The highest BCUT2D eigenvalue weighted by molar-refractivity contribution is 5.67. The van der Waals surface area contributed by atoms with Gasteiger partial charge in [-0.05, 0) is 6.92 Å². The van der Waals surface area contributed by atoms with Gasteiger partial charge in [-0.1, -0.05) is 0 Å². The van der Waals surface area contributed by atoms with Gasteiger partial charge in [0.05, 0.1) is 13.2 Å². The van der Waals surface area contributed by atoms with E-state index in [2.05, 4.69) is 10.1 Å². The van der Waals surface area contributed by atoms with Crippen molar-refractivity contribution in [1.29, 1.82) is 0 Å². The maximum Gasteiger partial charge on any atom is 0.407 e. The highest BCUT2D eigenvalue weighted by Gasteiger charge is 2.44. The van der Waals surface area contributed by atoms with Crippen LogP contribution in [0.1, 0.15) is 6.92 Å². The fraction of sp³-hybridized carbons (Fsp3) is 0.889. The minimum atomic E-state index is -1.53. The lowest BCUT2D eigenvalue weighted by atomic mass is 9.97. The largest absolute Gasteiger partial charge is 0.450 e. The number of ether oxygens (including phenoxy) is 2. The standard InChI is InChI=1S/C9H17NO7/c1-2-16-9(15)10-5-7(13)6(12)4(3-11)17-8(5)14/h4-8,11-14H,2-3H2,1H3,(H,10,15)/t4-,5-,6+,7+,8-/m0/s1. The summed E-state index contributed by atoms with van der Waals surface area (Å²) < 4.78 is 9.41. The molecule has 1 fully saturated rings. The monoisotopic (exact) mass is 251 g/mol. The maximum absolute atomic E-state index is 11.1. The third-order valence-corrected chi connectivity index (χ3v) is 2.46. The van der Waals surface area contributed by atoms with Crippen molar-refractivity contribution in [1.82, 2.24) is 5.32 Å². The number of hydrogen-bond acceptors (Lipinski definition) is 7. The highest BCUT2D eigenvalue weighted by Crippen LogP contribution is 2.19. The van der Waals surface area contributed by atoms with Gasteiger partial charge < -0.3 is 35.2 Å². The topological polar surface area (TPSA) is 128 Å². The van der Waals surface area contributed by atoms with E-state index in [9.17, 15) is 20.1 Å². The van der Waals surface area contributed by atoms with Crippen LogP contribution < -0.4 is 5.32 Å². The van der Waals surface area contributed by atoms with Crippen molar-refractivity contribution in [3.8, 4) is 0 Å². The molecule has 0 aromatic carbocycles. The van der Waals surface area contributed by atoms with Crippen molar-refractivity contribution < 1.29 is 34.7 Å². The first-order valence-corrected chi connectivity index (χ1v) is 5.25. The van der Waals surface area contributed by atoms with Crippen molar-refractivity contribution >= 4 is 6.09 Å². The number of nitrogens with one attached hydrogen (secondary N) is 1. The number of carbonyl (C=O) groups is 1. The second-order valence-corrected chi connectivity index (χ2v) is 3.62. The van der Waals surface area contributed by atoms with Crippen molar-refractivity contribution in [3.63, 3.8) is 0 Å². The van der Waals surface area contributed by atoms with Crippen LogP contribution in [0.5, 0.6) is 0 Å². The number of aliphatic hydroxyl groups excluding tert-OH is 4. The number of aliphatic hydroxyl groups is 4. The zero-order valence-electron chi connectivity index (χ0n) is 9.31. The fourth-order valence-corrected chi connectivity index (χ4v) is 1.56. The summed E-state index contributed by atoms with van der Waals surface area (Å²) in [6, 6.07) is -1.22. The molecule has 100 valence electrons. The van der Waals surface area contributed by atoms with Crippen LogP contribution in [0.4, 0.5) is 4.79 Å². The molecule has 0 spiro atoms. The molecule has 8 heteroatoms. The van der Waals surface area contributed by atoms with Crippen LogP contribution in [0.25, 0.3) is 0 Å². The van der Waals surface area contributed by atoms with E-state index in [1.165, 1.54) is 0 Å². The quantitative estimate of drug-likeness (QED) is 0.376. The zero-order chi connectivity index (χ0) is 13.0. The van der Waals surface area contributed by atoms with E-state index in [4.69, 9.17) is 9.84 Å². The molecule has 1 amide bonds. The predicted molar refractivity (Wildman–Crippen MR) is 53.9 cm³/mol. The van der Waals surface area contributed by atoms with Crippen LogP contribution >= 0.6 is 0 Å². The number of alkyl carbamates (subject to hydrolysis) is 1. The lowest BCUT2D eigenvalue weighted by molar-refractivity contribution is -0.253. The Morgan fingerprint density at radius 2 is 2.00 bits per heavy atom. The van der Waals surface area contributed by atoms with Crippen LogP contribution in [-0.4, -0.2) is 70.4 Å². The first kappa shape index (κ1) is 14.1. The van der Waals surface area contributed by atoms with Crippen LogP contribution in [0.15, 0.2) is 0 Å². The Hall–Kier alpha value is -0.930. The van der Waals surface area contributed by atoms with Gasteiger partial charge in [-0.2, -0.15) is 0 Å². The molecule has 5 atom stereocenters. The number of rotatable bonds is 3. The fourth-order valence-electron chi connectivity index (χ4n) is 1.56. The molecule has 1 aliphatic heterocycles. The van der Waals surface area contributed by atoms with Crippen LogP contribution in [0.2, 0.25) is 0 Å². The van der Waals surface area contributed by atoms with Gasteiger partial charge in [-0.15, -0.1) is 0 Å². The summed E-state index contributed by atoms with van der Waals surface area (Å²) in [5.41, 5.74) is 0. The average molecular weight is 251 g/mol. The van der Waals surface area contributed by atoms with E-state index in [-0.39, 0.29) is 6.61 Å². The van der Waals surface area contributed by atoms with Gasteiger partial charge in [0.15, 0.2) is 6.29 Å². The molecule has 8 nitrogen and oxygen atoms in total. The molecule has 0 unspecified atom stereocenters. The Balaban J connectivity index is 2.63. The van der Waals surface area contributed by atoms with Crippen LogP contribution in [0.3, 0.4) is 0 Å². The SMILES string of the molecule is CCOC(=O)N[C@H]1[C@@H](O)[C@H](O)[C@H](CO)O[C@@H]1O. The third-order valence-electron chi connectivity index (χ3n) is 2.46. The molecule has 0 aliphatic carbocycles. The zero-order valence-corrected chi connectivity index (χ0v) is 9.31. The molecule has 17 heavy (non-hydrogen) atoms. The van der Waals surface area contributed by atoms with E-state index < -0.39 is 43.3 Å². The Morgan fingerprint density at radius 1 is 1.35 bits per heavy atom. The summed E-state index contributed by atoms with van der Waals surface area (Å²) in [6.07, 6.45) is -6.33. The van der Waals surface area contributed by atoms with Crippen molar-refractivity contribution in [2.24, 2.45) is 0 Å². The molecule has 0 saturated carbocycles. The van der Waals surface area contributed by atoms with E-state index in [1.54, 1.807) is 6.92 Å². The molecular formula is C9H17NO7. The van der Waals surface area contributed by atoms with Gasteiger partial charge >= 0.3 is 6.09 Å². The molecule has 0 aromatic heterocycles. The smallest absolute Gasteiger partial charge is 0.407 e. The second kappa shape index (κ2) is 6.12. The maximum atomic E-state index is 11.1. The highest BCUT2D eigenvalue weighted by atomic mass is 16.6. The van der Waals surface area contributed by atoms with E-state index in [0.717, 1.165) is 0 Å².